The third-order valence-electron chi connectivity index (χ3n) is 3.93. The largest absolute Gasteiger partial charge is 0.348 e. The predicted octanol–water partition coefficient (Wildman–Crippen LogP) is 0.512. The zero-order chi connectivity index (χ0) is 17.4. The van der Waals surface area contributed by atoms with Crippen molar-refractivity contribution < 1.29 is 0 Å². The third-order valence-corrected chi connectivity index (χ3v) is 3.93. The molecule has 1 aromatic carbocycles. The molecular formula is C17H16N4O3. The maximum atomic E-state index is 12.5. The van der Waals surface area contributed by atoms with E-state index in [0.29, 0.717) is 11.4 Å². The van der Waals surface area contributed by atoms with E-state index in [1.807, 2.05) is 30.3 Å². The molecule has 0 aliphatic heterocycles. The fourth-order valence-corrected chi connectivity index (χ4v) is 2.54. The molecule has 2 aromatic heterocycles. The summed E-state index contributed by atoms with van der Waals surface area (Å²) in [6.07, 6.45) is 1.44. The summed E-state index contributed by atoms with van der Waals surface area (Å²) >= 11 is 0. The molecule has 0 fully saturated rings. The molecular weight excluding hydrogens is 308 g/mol. The Hall–Kier alpha value is -3.22. The van der Waals surface area contributed by atoms with Crippen molar-refractivity contribution in [2.75, 3.05) is 0 Å². The van der Waals surface area contributed by atoms with Crippen LogP contribution in [0.1, 0.15) is 0 Å². The van der Waals surface area contributed by atoms with E-state index in [1.165, 1.54) is 22.4 Å². The van der Waals surface area contributed by atoms with E-state index in [9.17, 15) is 14.4 Å². The minimum absolute atomic E-state index is 0.263. The molecule has 3 rings (SSSR count). The van der Waals surface area contributed by atoms with E-state index < -0.39 is 16.9 Å². The maximum Gasteiger partial charge on any atom is 0.348 e. The van der Waals surface area contributed by atoms with Crippen LogP contribution in [0.25, 0.3) is 22.5 Å². The number of aromatic nitrogens is 4. The summed E-state index contributed by atoms with van der Waals surface area (Å²) in [5.74, 6) is 0. The van der Waals surface area contributed by atoms with Crippen LogP contribution in [-0.4, -0.2) is 18.7 Å². The summed E-state index contributed by atoms with van der Waals surface area (Å²) in [6.45, 7) is 0. The van der Waals surface area contributed by atoms with E-state index in [2.05, 4.69) is 4.98 Å². The minimum atomic E-state index is -0.470. The zero-order valence-electron chi connectivity index (χ0n) is 13.6. The van der Waals surface area contributed by atoms with E-state index in [1.54, 1.807) is 20.2 Å². The van der Waals surface area contributed by atoms with Gasteiger partial charge in [-0.25, -0.2) is 9.59 Å². The molecule has 0 radical (unpaired) electrons. The van der Waals surface area contributed by atoms with Gasteiger partial charge in [0.05, 0.1) is 17.0 Å². The molecule has 0 spiro atoms. The van der Waals surface area contributed by atoms with Crippen molar-refractivity contribution in [3.05, 3.63) is 73.9 Å². The van der Waals surface area contributed by atoms with E-state index in [0.717, 1.165) is 10.1 Å². The van der Waals surface area contributed by atoms with Crippen LogP contribution in [0.2, 0.25) is 0 Å². The Morgan fingerprint density at radius 1 is 0.917 bits per heavy atom. The van der Waals surface area contributed by atoms with E-state index >= 15 is 0 Å². The van der Waals surface area contributed by atoms with Gasteiger partial charge in [0.25, 0.3) is 5.56 Å². The second kappa shape index (κ2) is 5.77. The molecule has 0 atom stereocenters. The third kappa shape index (κ3) is 2.50. The van der Waals surface area contributed by atoms with Gasteiger partial charge in [0.15, 0.2) is 0 Å². The van der Waals surface area contributed by atoms with Gasteiger partial charge in [-0.1, -0.05) is 30.3 Å². The van der Waals surface area contributed by atoms with Crippen LogP contribution in [0, 0.1) is 0 Å². The van der Waals surface area contributed by atoms with Crippen LogP contribution in [0.4, 0.5) is 0 Å². The Balaban J connectivity index is 2.34. The number of benzene rings is 1. The molecule has 3 aromatic rings. The molecule has 122 valence electrons. The maximum absolute atomic E-state index is 12.5. The molecule has 0 saturated carbocycles. The average Bonchev–Trinajstić information content (AvgIpc) is 2.59. The summed E-state index contributed by atoms with van der Waals surface area (Å²) in [7, 11) is 4.51. The number of hydrogen-bond acceptors (Lipinski definition) is 4. The van der Waals surface area contributed by atoms with E-state index in [4.69, 9.17) is 0 Å². The predicted molar refractivity (Wildman–Crippen MR) is 90.8 cm³/mol. The van der Waals surface area contributed by atoms with Crippen LogP contribution in [0.5, 0.6) is 0 Å². The zero-order valence-corrected chi connectivity index (χ0v) is 13.6. The summed E-state index contributed by atoms with van der Waals surface area (Å²) in [6, 6.07) is 10.9. The van der Waals surface area contributed by atoms with Crippen molar-refractivity contribution in [1.82, 2.24) is 18.7 Å². The highest BCUT2D eigenvalue weighted by atomic mass is 16.2. The van der Waals surface area contributed by atoms with Crippen molar-refractivity contribution >= 4 is 0 Å². The van der Waals surface area contributed by atoms with Gasteiger partial charge in [-0.15, -0.1) is 0 Å². The number of nitrogens with zero attached hydrogens (tertiary/aromatic N) is 4. The van der Waals surface area contributed by atoms with Crippen molar-refractivity contribution in [2.24, 2.45) is 21.1 Å². The lowest BCUT2D eigenvalue weighted by atomic mass is 10.1. The molecule has 0 amide bonds. The smallest absolute Gasteiger partial charge is 0.303 e. The number of aryl methyl sites for hydroxylation is 1. The highest BCUT2D eigenvalue weighted by Crippen LogP contribution is 2.20. The van der Waals surface area contributed by atoms with Crippen LogP contribution in [-0.2, 0) is 21.1 Å². The number of rotatable bonds is 2. The van der Waals surface area contributed by atoms with E-state index in [-0.39, 0.29) is 5.56 Å². The minimum Gasteiger partial charge on any atom is -0.303 e. The Morgan fingerprint density at radius 2 is 1.58 bits per heavy atom. The highest BCUT2D eigenvalue weighted by Gasteiger charge is 2.14. The quantitative estimate of drug-likeness (QED) is 0.688. The highest BCUT2D eigenvalue weighted by molar-refractivity contribution is 5.66. The molecule has 0 unspecified atom stereocenters. The Morgan fingerprint density at radius 3 is 2.25 bits per heavy atom. The lowest BCUT2D eigenvalue weighted by Gasteiger charge is -2.11. The fourth-order valence-electron chi connectivity index (χ4n) is 2.54. The Labute approximate surface area is 137 Å². The van der Waals surface area contributed by atoms with Gasteiger partial charge in [-0.3, -0.25) is 13.9 Å². The summed E-state index contributed by atoms with van der Waals surface area (Å²) in [4.78, 5) is 40.6. The summed E-state index contributed by atoms with van der Waals surface area (Å²) < 4.78 is 3.62. The first kappa shape index (κ1) is 15.7. The van der Waals surface area contributed by atoms with Crippen LogP contribution in [0.15, 0.2) is 57.0 Å². The summed E-state index contributed by atoms with van der Waals surface area (Å²) in [5, 5.41) is 0. The first-order valence-corrected chi connectivity index (χ1v) is 7.30. The molecule has 0 aliphatic rings. The van der Waals surface area contributed by atoms with Gasteiger partial charge in [-0.2, -0.15) is 4.98 Å². The second-order valence-electron chi connectivity index (χ2n) is 5.53. The first-order valence-electron chi connectivity index (χ1n) is 7.30. The van der Waals surface area contributed by atoms with Crippen molar-refractivity contribution in [2.45, 2.75) is 0 Å². The number of hydrogen-bond donors (Lipinski definition) is 0. The molecule has 0 saturated heterocycles. The van der Waals surface area contributed by atoms with Crippen LogP contribution < -0.4 is 16.9 Å². The van der Waals surface area contributed by atoms with Crippen LogP contribution in [0.3, 0.4) is 0 Å². The van der Waals surface area contributed by atoms with Gasteiger partial charge < -0.3 is 4.57 Å². The van der Waals surface area contributed by atoms with Gasteiger partial charge in [0.2, 0.25) is 0 Å². The molecule has 7 heteroatoms. The molecule has 0 aliphatic carbocycles. The summed E-state index contributed by atoms with van der Waals surface area (Å²) in [5.41, 5.74) is 0.568. The average molecular weight is 324 g/mol. The normalized spacial score (nSPS) is 10.8. The van der Waals surface area contributed by atoms with Gasteiger partial charge in [0, 0.05) is 32.9 Å². The van der Waals surface area contributed by atoms with Crippen LogP contribution >= 0.6 is 0 Å². The molecule has 0 N–H and O–H groups in total. The first-order chi connectivity index (χ1) is 11.4. The van der Waals surface area contributed by atoms with Crippen molar-refractivity contribution in [3.8, 4) is 22.5 Å². The lowest BCUT2D eigenvalue weighted by Crippen LogP contribution is -2.38. The van der Waals surface area contributed by atoms with Crippen molar-refractivity contribution in [3.63, 3.8) is 0 Å². The van der Waals surface area contributed by atoms with Gasteiger partial charge >= 0.3 is 11.4 Å². The lowest BCUT2D eigenvalue weighted by molar-refractivity contribution is 0.685. The molecule has 0 bridgehead atoms. The fraction of sp³-hybridized carbons (Fsp3) is 0.176. The topological polar surface area (TPSA) is 78.9 Å². The van der Waals surface area contributed by atoms with Crippen molar-refractivity contribution in [1.29, 1.82) is 0 Å². The molecule has 2 heterocycles. The Bertz CT molecular complexity index is 1090. The molecule has 7 nitrogen and oxygen atoms in total. The Kier molecular flexibility index (Phi) is 3.76. The SMILES string of the molecule is Cn1cc(-c2cc(-c3ccccc3)nc(=O)n2C)c(=O)n(C)c1=O. The molecule has 24 heavy (non-hydrogen) atoms. The standard InChI is InChI=1S/C17H16N4O3/c1-19-10-12(15(22)21(3)17(19)24)14-9-13(18-16(23)20(14)2)11-7-5-4-6-8-11/h4-10H,1-3H3. The second-order valence-corrected chi connectivity index (χ2v) is 5.53. The van der Waals surface area contributed by atoms with Gasteiger partial charge in [0.1, 0.15) is 0 Å². The van der Waals surface area contributed by atoms with Gasteiger partial charge in [-0.05, 0) is 6.07 Å². The monoisotopic (exact) mass is 324 g/mol.